The van der Waals surface area contributed by atoms with Gasteiger partial charge in [0.15, 0.2) is 9.84 Å². The number of sulfone groups is 1. The summed E-state index contributed by atoms with van der Waals surface area (Å²) in [6.07, 6.45) is 1.02. The monoisotopic (exact) mass is 275 g/mol. The van der Waals surface area contributed by atoms with Crippen LogP contribution in [0.3, 0.4) is 0 Å². The van der Waals surface area contributed by atoms with E-state index < -0.39 is 27.7 Å². The number of esters is 1. The Labute approximate surface area is 105 Å². The fourth-order valence-electron chi connectivity index (χ4n) is 1.31. The second kappa shape index (κ2) is 5.34. The molecule has 100 valence electrons. The van der Waals surface area contributed by atoms with Crippen molar-refractivity contribution >= 4 is 21.5 Å². The molecule has 0 fully saturated rings. The summed E-state index contributed by atoms with van der Waals surface area (Å²) < 4.78 is 40.6. The Kier molecular flexibility index (Phi) is 4.28. The van der Waals surface area contributed by atoms with Crippen LogP contribution in [0.4, 0.5) is 10.1 Å². The van der Waals surface area contributed by atoms with Gasteiger partial charge in [-0.1, -0.05) is 0 Å². The van der Waals surface area contributed by atoms with Gasteiger partial charge in [0.1, 0.15) is 11.9 Å². The molecule has 1 aromatic carbocycles. The molecule has 1 rings (SSSR count). The number of hydrogen-bond acceptors (Lipinski definition) is 5. The van der Waals surface area contributed by atoms with Crippen molar-refractivity contribution in [3.8, 4) is 0 Å². The lowest BCUT2D eigenvalue weighted by molar-refractivity contribution is -0.141. The molecule has 0 heterocycles. The number of benzene rings is 1. The summed E-state index contributed by atoms with van der Waals surface area (Å²) in [6, 6.07) is 2.56. The van der Waals surface area contributed by atoms with Crippen molar-refractivity contribution in [2.75, 3.05) is 18.7 Å². The van der Waals surface area contributed by atoms with Crippen LogP contribution in [0, 0.1) is 5.82 Å². The van der Waals surface area contributed by atoms with Gasteiger partial charge in [-0.15, -0.1) is 0 Å². The summed E-state index contributed by atoms with van der Waals surface area (Å²) in [5.41, 5.74) is -0.0594. The number of methoxy groups -OCH3 is 1. The molecular formula is C11H14FNO4S. The second-order valence-electron chi connectivity index (χ2n) is 3.80. The van der Waals surface area contributed by atoms with Gasteiger partial charge in [0.2, 0.25) is 0 Å². The second-order valence-corrected chi connectivity index (χ2v) is 5.82. The first-order chi connectivity index (χ1) is 8.25. The Bertz CT molecular complexity index is 556. The third-order valence-corrected chi connectivity index (χ3v) is 3.40. The Morgan fingerprint density at radius 2 is 2.06 bits per heavy atom. The van der Waals surface area contributed by atoms with Crippen LogP contribution in [0.5, 0.6) is 0 Å². The summed E-state index contributed by atoms with van der Waals surface area (Å²) in [5, 5.41) is 2.56. The first-order valence-electron chi connectivity index (χ1n) is 5.09. The highest BCUT2D eigenvalue weighted by Crippen LogP contribution is 2.20. The van der Waals surface area contributed by atoms with Crippen LogP contribution in [0.25, 0.3) is 0 Å². The molecule has 0 aliphatic carbocycles. The highest BCUT2D eigenvalue weighted by atomic mass is 32.2. The average molecular weight is 275 g/mol. The van der Waals surface area contributed by atoms with E-state index in [9.17, 15) is 17.6 Å². The molecule has 1 N–H and O–H groups in total. The molecule has 0 aliphatic rings. The fourth-order valence-corrected chi connectivity index (χ4v) is 1.96. The van der Waals surface area contributed by atoms with Gasteiger partial charge >= 0.3 is 5.97 Å². The summed E-state index contributed by atoms with van der Waals surface area (Å²) in [4.78, 5) is 11.2. The molecule has 1 aromatic rings. The van der Waals surface area contributed by atoms with Crippen LogP contribution in [0.1, 0.15) is 6.92 Å². The smallest absolute Gasteiger partial charge is 0.327 e. The van der Waals surface area contributed by atoms with Crippen LogP contribution in [-0.2, 0) is 19.4 Å². The highest BCUT2D eigenvalue weighted by Gasteiger charge is 2.16. The first kappa shape index (κ1) is 14.4. The van der Waals surface area contributed by atoms with Crippen molar-refractivity contribution in [2.45, 2.75) is 17.9 Å². The van der Waals surface area contributed by atoms with Crippen molar-refractivity contribution in [3.63, 3.8) is 0 Å². The lowest BCUT2D eigenvalue weighted by Gasteiger charge is -2.14. The molecule has 0 bridgehead atoms. The number of ether oxygens (including phenoxy) is 1. The molecule has 1 unspecified atom stereocenters. The van der Waals surface area contributed by atoms with E-state index in [4.69, 9.17) is 0 Å². The molecule has 0 aromatic heterocycles. The van der Waals surface area contributed by atoms with Crippen molar-refractivity contribution in [2.24, 2.45) is 0 Å². The minimum Gasteiger partial charge on any atom is -0.467 e. The number of halogens is 1. The van der Waals surface area contributed by atoms with Crippen LogP contribution in [-0.4, -0.2) is 33.8 Å². The van der Waals surface area contributed by atoms with Crippen LogP contribution >= 0.6 is 0 Å². The minimum absolute atomic E-state index is 0.0246. The van der Waals surface area contributed by atoms with E-state index in [0.29, 0.717) is 0 Å². The number of carbonyl (C=O) groups excluding carboxylic acids is 1. The average Bonchev–Trinajstić information content (AvgIpc) is 2.29. The minimum atomic E-state index is -3.43. The number of nitrogens with one attached hydrogen (secondary N) is 1. The number of anilines is 1. The number of rotatable bonds is 4. The van der Waals surface area contributed by atoms with Gasteiger partial charge in [0, 0.05) is 6.26 Å². The summed E-state index contributed by atoms with van der Waals surface area (Å²) >= 11 is 0. The molecule has 0 amide bonds. The Morgan fingerprint density at radius 1 is 1.44 bits per heavy atom. The van der Waals surface area contributed by atoms with E-state index >= 15 is 0 Å². The van der Waals surface area contributed by atoms with Gasteiger partial charge in [-0.05, 0) is 25.1 Å². The van der Waals surface area contributed by atoms with Gasteiger partial charge in [-0.2, -0.15) is 0 Å². The van der Waals surface area contributed by atoms with E-state index in [1.165, 1.54) is 20.1 Å². The lowest BCUT2D eigenvalue weighted by Crippen LogP contribution is -2.27. The van der Waals surface area contributed by atoms with Gasteiger partial charge in [0.25, 0.3) is 0 Å². The van der Waals surface area contributed by atoms with Gasteiger partial charge < -0.3 is 10.1 Å². The molecule has 0 aliphatic heterocycles. The normalized spacial score (nSPS) is 12.9. The SMILES string of the molecule is COC(=O)C(C)Nc1cc(S(C)(=O)=O)ccc1F. The maximum absolute atomic E-state index is 13.5. The third kappa shape index (κ3) is 3.43. The number of carbonyl (C=O) groups is 1. The quantitative estimate of drug-likeness (QED) is 0.660. The largest absolute Gasteiger partial charge is 0.467 e. The zero-order chi connectivity index (χ0) is 13.9. The van der Waals surface area contributed by atoms with E-state index in [0.717, 1.165) is 18.4 Å². The molecular weight excluding hydrogens is 261 g/mol. The topological polar surface area (TPSA) is 72.5 Å². The molecule has 1 atom stereocenters. The molecule has 7 heteroatoms. The molecule has 18 heavy (non-hydrogen) atoms. The number of hydrogen-bond donors (Lipinski definition) is 1. The van der Waals surface area contributed by atoms with Crippen LogP contribution in [0.2, 0.25) is 0 Å². The molecule has 0 saturated heterocycles. The maximum Gasteiger partial charge on any atom is 0.327 e. The van der Waals surface area contributed by atoms with Crippen molar-refractivity contribution in [1.29, 1.82) is 0 Å². The van der Waals surface area contributed by atoms with Crippen LogP contribution < -0.4 is 5.32 Å². The van der Waals surface area contributed by atoms with Crippen molar-refractivity contribution in [1.82, 2.24) is 0 Å². The summed E-state index contributed by atoms with van der Waals surface area (Å²) in [5.74, 6) is -1.21. The predicted octanol–water partition coefficient (Wildman–Crippen LogP) is 1.20. The standard InChI is InChI=1S/C11H14FNO4S/c1-7(11(14)17-2)13-10-6-8(18(3,15)16)4-5-9(10)12/h4-7,13H,1-3H3. The molecule has 0 spiro atoms. The van der Waals surface area contributed by atoms with E-state index in [2.05, 4.69) is 10.1 Å². The van der Waals surface area contributed by atoms with Gasteiger partial charge in [0.05, 0.1) is 17.7 Å². The Balaban J connectivity index is 3.06. The third-order valence-electron chi connectivity index (χ3n) is 2.29. The Morgan fingerprint density at radius 3 is 2.56 bits per heavy atom. The highest BCUT2D eigenvalue weighted by molar-refractivity contribution is 7.90. The zero-order valence-corrected chi connectivity index (χ0v) is 11.0. The summed E-state index contributed by atoms with van der Waals surface area (Å²) in [7, 11) is -2.21. The first-order valence-corrected chi connectivity index (χ1v) is 6.99. The molecule has 0 saturated carbocycles. The maximum atomic E-state index is 13.5. The van der Waals surface area contributed by atoms with E-state index in [-0.39, 0.29) is 10.6 Å². The molecule has 0 radical (unpaired) electrons. The van der Waals surface area contributed by atoms with E-state index in [1.54, 1.807) is 0 Å². The van der Waals surface area contributed by atoms with Crippen molar-refractivity contribution in [3.05, 3.63) is 24.0 Å². The van der Waals surface area contributed by atoms with Gasteiger partial charge in [-0.25, -0.2) is 17.6 Å². The van der Waals surface area contributed by atoms with Gasteiger partial charge in [-0.3, -0.25) is 0 Å². The zero-order valence-electron chi connectivity index (χ0n) is 10.2. The van der Waals surface area contributed by atoms with Crippen molar-refractivity contribution < 1.29 is 22.3 Å². The predicted molar refractivity (Wildman–Crippen MR) is 64.6 cm³/mol. The van der Waals surface area contributed by atoms with E-state index in [1.807, 2.05) is 0 Å². The van der Waals surface area contributed by atoms with Crippen LogP contribution in [0.15, 0.2) is 23.1 Å². The fraction of sp³-hybridized carbons (Fsp3) is 0.364. The Hall–Kier alpha value is -1.63. The summed E-state index contributed by atoms with van der Waals surface area (Å²) in [6.45, 7) is 1.48. The lowest BCUT2D eigenvalue weighted by atomic mass is 10.2. The molecule has 5 nitrogen and oxygen atoms in total.